The summed E-state index contributed by atoms with van der Waals surface area (Å²) >= 11 is 5.22. The normalized spacial score (nSPS) is 14.4. The molecule has 2 aromatic carbocycles. The zero-order chi connectivity index (χ0) is 20.1. The van der Waals surface area contributed by atoms with Crippen LogP contribution in [0.1, 0.15) is 46.0 Å². The number of nitrogens with zero attached hydrogens (tertiary/aromatic N) is 1. The highest BCUT2D eigenvalue weighted by Crippen LogP contribution is 2.19. The van der Waals surface area contributed by atoms with Gasteiger partial charge in [0.15, 0.2) is 5.11 Å². The number of amides is 2. The van der Waals surface area contributed by atoms with Crippen LogP contribution in [0.3, 0.4) is 0 Å². The van der Waals surface area contributed by atoms with E-state index in [0.29, 0.717) is 17.0 Å². The highest BCUT2D eigenvalue weighted by molar-refractivity contribution is 7.80. The first-order valence-corrected chi connectivity index (χ1v) is 9.91. The standard InChI is InChI=1S/C22H25N3O2S/c1-15-3-5-17(6-4-15)20(26)24-22(28)23-19-9-7-18(8-10-19)21(27)25-13-11-16(2)12-14-25/h3-10,16H,11-14H2,1-2H3,(H2,23,24,26,28). The molecule has 28 heavy (non-hydrogen) atoms. The summed E-state index contributed by atoms with van der Waals surface area (Å²) in [5.74, 6) is 0.490. The summed E-state index contributed by atoms with van der Waals surface area (Å²) < 4.78 is 0. The van der Waals surface area contributed by atoms with E-state index in [1.807, 2.05) is 24.0 Å². The molecule has 0 spiro atoms. The number of thiocarbonyl (C=S) groups is 1. The molecule has 2 amide bonds. The van der Waals surface area contributed by atoms with E-state index in [1.54, 1.807) is 36.4 Å². The number of carbonyl (C=O) groups excluding carboxylic acids is 2. The minimum Gasteiger partial charge on any atom is -0.339 e. The van der Waals surface area contributed by atoms with Crippen LogP contribution in [0.25, 0.3) is 0 Å². The molecule has 0 aliphatic carbocycles. The Kier molecular flexibility index (Phi) is 6.41. The largest absolute Gasteiger partial charge is 0.339 e. The van der Waals surface area contributed by atoms with Crippen LogP contribution < -0.4 is 10.6 Å². The van der Waals surface area contributed by atoms with Crippen LogP contribution in [0.2, 0.25) is 0 Å². The van der Waals surface area contributed by atoms with E-state index in [2.05, 4.69) is 17.6 Å². The molecule has 6 heteroatoms. The van der Waals surface area contributed by atoms with Crippen molar-refractivity contribution in [2.24, 2.45) is 5.92 Å². The molecular weight excluding hydrogens is 370 g/mol. The number of carbonyl (C=O) groups is 2. The molecule has 1 aliphatic rings. The van der Waals surface area contributed by atoms with Gasteiger partial charge in [0.05, 0.1) is 0 Å². The van der Waals surface area contributed by atoms with Crippen LogP contribution >= 0.6 is 12.2 Å². The average molecular weight is 396 g/mol. The predicted molar refractivity (Wildman–Crippen MR) is 116 cm³/mol. The number of rotatable bonds is 3. The number of nitrogens with one attached hydrogen (secondary N) is 2. The van der Waals surface area contributed by atoms with Gasteiger partial charge in [-0.25, -0.2) is 0 Å². The van der Waals surface area contributed by atoms with E-state index < -0.39 is 0 Å². The lowest BCUT2D eigenvalue weighted by Gasteiger charge is -2.30. The molecule has 2 aromatic rings. The molecule has 1 heterocycles. The molecule has 2 N–H and O–H groups in total. The van der Waals surface area contributed by atoms with E-state index in [4.69, 9.17) is 12.2 Å². The van der Waals surface area contributed by atoms with Gasteiger partial charge in [0.25, 0.3) is 11.8 Å². The van der Waals surface area contributed by atoms with Gasteiger partial charge in [0.1, 0.15) is 0 Å². The van der Waals surface area contributed by atoms with Crippen molar-refractivity contribution in [2.45, 2.75) is 26.7 Å². The Morgan fingerprint density at radius 1 is 0.964 bits per heavy atom. The first kappa shape index (κ1) is 20.0. The Morgan fingerprint density at radius 3 is 2.14 bits per heavy atom. The zero-order valence-electron chi connectivity index (χ0n) is 16.2. The van der Waals surface area contributed by atoms with Crippen LogP contribution in [-0.2, 0) is 0 Å². The van der Waals surface area contributed by atoms with Crippen molar-refractivity contribution in [3.8, 4) is 0 Å². The van der Waals surface area contributed by atoms with Gasteiger partial charge in [-0.15, -0.1) is 0 Å². The second-order valence-corrected chi connectivity index (χ2v) is 7.73. The van der Waals surface area contributed by atoms with Crippen molar-refractivity contribution >= 4 is 34.8 Å². The maximum absolute atomic E-state index is 12.6. The number of aryl methyl sites for hydroxylation is 1. The summed E-state index contributed by atoms with van der Waals surface area (Å²) in [5, 5.41) is 5.86. The third kappa shape index (κ3) is 5.16. The monoisotopic (exact) mass is 395 g/mol. The fourth-order valence-electron chi connectivity index (χ4n) is 3.13. The molecule has 3 rings (SSSR count). The van der Waals surface area contributed by atoms with E-state index in [1.165, 1.54) is 0 Å². The lowest BCUT2D eigenvalue weighted by atomic mass is 9.98. The third-order valence-electron chi connectivity index (χ3n) is 5.00. The van der Waals surface area contributed by atoms with Crippen LogP contribution in [0, 0.1) is 12.8 Å². The van der Waals surface area contributed by atoms with Crippen LogP contribution in [0.15, 0.2) is 48.5 Å². The average Bonchev–Trinajstić information content (AvgIpc) is 2.69. The van der Waals surface area contributed by atoms with Crippen molar-refractivity contribution in [1.29, 1.82) is 0 Å². The van der Waals surface area contributed by atoms with Crippen LogP contribution in [0.5, 0.6) is 0 Å². The summed E-state index contributed by atoms with van der Waals surface area (Å²) in [6.45, 7) is 5.82. The van der Waals surface area contributed by atoms with E-state index in [9.17, 15) is 9.59 Å². The molecule has 0 aromatic heterocycles. The van der Waals surface area contributed by atoms with Gasteiger partial charge in [0.2, 0.25) is 0 Å². The van der Waals surface area contributed by atoms with Crippen LogP contribution in [-0.4, -0.2) is 34.9 Å². The highest BCUT2D eigenvalue weighted by atomic mass is 32.1. The molecule has 146 valence electrons. The molecule has 0 bridgehead atoms. The first-order valence-electron chi connectivity index (χ1n) is 9.51. The maximum Gasteiger partial charge on any atom is 0.257 e. The topological polar surface area (TPSA) is 61.4 Å². The van der Waals surface area contributed by atoms with Gasteiger partial charge < -0.3 is 10.2 Å². The summed E-state index contributed by atoms with van der Waals surface area (Å²) in [5.41, 5.74) is 3.02. The lowest BCUT2D eigenvalue weighted by molar-refractivity contribution is 0.0697. The van der Waals surface area contributed by atoms with E-state index in [0.717, 1.165) is 37.2 Å². The minimum atomic E-state index is -0.261. The molecule has 0 atom stereocenters. The Bertz CT molecular complexity index is 854. The second-order valence-electron chi connectivity index (χ2n) is 7.33. The zero-order valence-corrected chi connectivity index (χ0v) is 17.0. The van der Waals surface area contributed by atoms with Gasteiger partial charge >= 0.3 is 0 Å². The highest BCUT2D eigenvalue weighted by Gasteiger charge is 2.21. The number of anilines is 1. The summed E-state index contributed by atoms with van der Waals surface area (Å²) in [6, 6.07) is 14.4. The quantitative estimate of drug-likeness (QED) is 0.772. The second kappa shape index (κ2) is 8.97. The number of benzene rings is 2. The number of likely N-dealkylation sites (tertiary alicyclic amines) is 1. The van der Waals surface area contributed by atoms with Gasteiger partial charge in [-0.05, 0) is 74.3 Å². The Balaban J connectivity index is 1.54. The smallest absolute Gasteiger partial charge is 0.257 e. The summed E-state index contributed by atoms with van der Waals surface area (Å²) in [4.78, 5) is 26.7. The number of hydrogen-bond acceptors (Lipinski definition) is 3. The van der Waals surface area contributed by atoms with Crippen molar-refractivity contribution in [1.82, 2.24) is 10.2 Å². The molecule has 5 nitrogen and oxygen atoms in total. The van der Waals surface area contributed by atoms with Crippen LogP contribution in [0.4, 0.5) is 5.69 Å². The predicted octanol–water partition coefficient (Wildman–Crippen LogP) is 3.99. The Hall–Kier alpha value is -2.73. The van der Waals surface area contributed by atoms with Crippen molar-refractivity contribution in [3.05, 3.63) is 65.2 Å². The molecule has 0 unspecified atom stereocenters. The summed E-state index contributed by atoms with van der Waals surface area (Å²) in [7, 11) is 0. The molecule has 1 saturated heterocycles. The Labute approximate surface area is 171 Å². The summed E-state index contributed by atoms with van der Waals surface area (Å²) in [6.07, 6.45) is 2.11. The Morgan fingerprint density at radius 2 is 1.54 bits per heavy atom. The minimum absolute atomic E-state index is 0.0636. The lowest BCUT2D eigenvalue weighted by Crippen LogP contribution is -2.37. The third-order valence-corrected chi connectivity index (χ3v) is 5.21. The van der Waals surface area contributed by atoms with E-state index in [-0.39, 0.29) is 16.9 Å². The fraction of sp³-hybridized carbons (Fsp3) is 0.318. The molecule has 0 saturated carbocycles. The number of hydrogen-bond donors (Lipinski definition) is 2. The van der Waals surface area contributed by atoms with Gasteiger partial charge in [-0.1, -0.05) is 24.6 Å². The molecular formula is C22H25N3O2S. The van der Waals surface area contributed by atoms with Gasteiger partial charge in [-0.3, -0.25) is 14.9 Å². The fourth-order valence-corrected chi connectivity index (χ4v) is 3.34. The molecule has 0 radical (unpaired) electrons. The van der Waals surface area contributed by atoms with Gasteiger partial charge in [-0.2, -0.15) is 0 Å². The maximum atomic E-state index is 12.6. The van der Waals surface area contributed by atoms with E-state index >= 15 is 0 Å². The molecule has 1 aliphatic heterocycles. The van der Waals surface area contributed by atoms with Gasteiger partial charge in [0, 0.05) is 29.9 Å². The SMILES string of the molecule is Cc1ccc(C(=O)NC(=S)Nc2ccc(C(=O)N3CCC(C)CC3)cc2)cc1. The first-order chi connectivity index (χ1) is 13.4. The molecule has 1 fully saturated rings. The van der Waals surface area contributed by atoms with Crippen molar-refractivity contribution < 1.29 is 9.59 Å². The van der Waals surface area contributed by atoms with Crippen molar-refractivity contribution in [2.75, 3.05) is 18.4 Å². The number of piperidine rings is 1. The van der Waals surface area contributed by atoms with Crippen molar-refractivity contribution in [3.63, 3.8) is 0 Å².